The average Bonchev–Trinajstić information content (AvgIpc) is 2.78. The lowest BCUT2D eigenvalue weighted by Gasteiger charge is -2.22. The first-order valence-corrected chi connectivity index (χ1v) is 11.5. The summed E-state index contributed by atoms with van der Waals surface area (Å²) < 4.78 is 5.78. The molecule has 3 aromatic carbocycles. The molecule has 3 aromatic rings. The van der Waals surface area contributed by atoms with E-state index in [2.05, 4.69) is 52.2 Å². The normalized spacial score (nSPS) is 11.6. The molecule has 0 unspecified atom stereocenters. The third kappa shape index (κ3) is 6.70. The Kier molecular flexibility index (Phi) is 7.45. The number of benzene rings is 3. The van der Waals surface area contributed by atoms with E-state index in [1.54, 1.807) is 24.3 Å². The first-order valence-electron chi connectivity index (χ1n) is 11.5. The number of anilines is 2. The van der Waals surface area contributed by atoms with E-state index in [9.17, 15) is 9.59 Å². The summed E-state index contributed by atoms with van der Waals surface area (Å²) in [6, 6.07) is 22.4. The van der Waals surface area contributed by atoms with E-state index in [1.807, 2.05) is 48.5 Å². The van der Waals surface area contributed by atoms with Gasteiger partial charge in [0.15, 0.2) is 6.61 Å². The van der Waals surface area contributed by atoms with Gasteiger partial charge in [0, 0.05) is 16.9 Å². The molecule has 0 saturated heterocycles. The van der Waals surface area contributed by atoms with Crippen molar-refractivity contribution >= 4 is 23.2 Å². The highest BCUT2D eigenvalue weighted by Crippen LogP contribution is 2.31. The second-order valence-corrected chi connectivity index (χ2v) is 10.4. The number of para-hydroxylation sites is 1. The minimum atomic E-state index is -0.251. The maximum atomic E-state index is 12.6. The Hall–Kier alpha value is -3.60. The zero-order chi connectivity index (χ0) is 24.9. The van der Waals surface area contributed by atoms with E-state index in [1.165, 1.54) is 5.56 Å². The highest BCUT2D eigenvalue weighted by Gasteiger charge is 2.19. The Bertz CT molecular complexity index is 1140. The molecule has 3 rings (SSSR count). The number of ether oxygens (including phenoxy) is 1. The van der Waals surface area contributed by atoms with E-state index in [-0.39, 0.29) is 29.3 Å². The lowest BCUT2D eigenvalue weighted by molar-refractivity contribution is -0.118. The van der Waals surface area contributed by atoms with Crippen LogP contribution in [0.1, 0.15) is 63.0 Å². The molecule has 5 heteroatoms. The van der Waals surface area contributed by atoms with Crippen LogP contribution in [0.25, 0.3) is 0 Å². The first-order chi connectivity index (χ1) is 15.9. The largest absolute Gasteiger partial charge is 0.483 e. The highest BCUT2D eigenvalue weighted by atomic mass is 16.5. The molecule has 0 aromatic heterocycles. The van der Waals surface area contributed by atoms with E-state index in [0.717, 1.165) is 5.56 Å². The number of hydrogen-bond acceptors (Lipinski definition) is 3. The number of nitrogens with one attached hydrogen (secondary N) is 2. The Labute approximate surface area is 202 Å². The van der Waals surface area contributed by atoms with Gasteiger partial charge in [-0.1, -0.05) is 71.9 Å². The standard InChI is InChI=1S/C29H34N2O3/c1-28(2,3)21-13-11-20(12-14-21)27(33)31-23-17-15-22(16-18-23)30-26(32)19-34-25-10-8-7-9-24(25)29(4,5)6/h7-18H,19H2,1-6H3,(H,30,32)(H,31,33). The van der Waals surface area contributed by atoms with Crippen LogP contribution < -0.4 is 15.4 Å². The van der Waals surface area contributed by atoms with Gasteiger partial charge in [-0.05, 0) is 64.4 Å². The van der Waals surface area contributed by atoms with E-state index < -0.39 is 0 Å². The molecule has 0 atom stereocenters. The van der Waals surface area contributed by atoms with Gasteiger partial charge < -0.3 is 15.4 Å². The fourth-order valence-electron chi connectivity index (χ4n) is 3.51. The van der Waals surface area contributed by atoms with Crippen LogP contribution >= 0.6 is 0 Å². The van der Waals surface area contributed by atoms with Gasteiger partial charge in [-0.2, -0.15) is 0 Å². The highest BCUT2D eigenvalue weighted by molar-refractivity contribution is 6.04. The molecule has 0 aliphatic heterocycles. The monoisotopic (exact) mass is 458 g/mol. The van der Waals surface area contributed by atoms with Crippen LogP contribution in [0.2, 0.25) is 0 Å². The molecule has 0 heterocycles. The van der Waals surface area contributed by atoms with Gasteiger partial charge in [-0.3, -0.25) is 9.59 Å². The number of amides is 2. The fourth-order valence-corrected chi connectivity index (χ4v) is 3.51. The summed E-state index contributed by atoms with van der Waals surface area (Å²) in [6.45, 7) is 12.7. The van der Waals surface area contributed by atoms with E-state index >= 15 is 0 Å². The van der Waals surface area contributed by atoms with Crippen molar-refractivity contribution in [3.63, 3.8) is 0 Å². The zero-order valence-electron chi connectivity index (χ0n) is 20.9. The molecular weight excluding hydrogens is 424 g/mol. The summed E-state index contributed by atoms with van der Waals surface area (Å²) in [5, 5.41) is 5.71. The smallest absolute Gasteiger partial charge is 0.262 e. The van der Waals surface area contributed by atoms with Crippen molar-refractivity contribution in [1.29, 1.82) is 0 Å². The Balaban J connectivity index is 1.55. The molecule has 0 radical (unpaired) electrons. The van der Waals surface area contributed by atoms with Crippen LogP contribution in [0.3, 0.4) is 0 Å². The molecule has 0 spiro atoms. The van der Waals surface area contributed by atoms with Crippen LogP contribution in [-0.4, -0.2) is 18.4 Å². The summed E-state index contributed by atoms with van der Waals surface area (Å²) in [5.41, 5.74) is 4.06. The van der Waals surface area contributed by atoms with Gasteiger partial charge >= 0.3 is 0 Å². The second kappa shape index (κ2) is 10.1. The van der Waals surface area contributed by atoms with Gasteiger partial charge in [0.2, 0.25) is 0 Å². The molecule has 0 fully saturated rings. The number of carbonyl (C=O) groups is 2. The second-order valence-electron chi connectivity index (χ2n) is 10.4. The van der Waals surface area contributed by atoms with Crippen molar-refractivity contribution in [3.05, 3.63) is 89.5 Å². The van der Waals surface area contributed by atoms with Crippen molar-refractivity contribution in [2.24, 2.45) is 0 Å². The molecule has 2 N–H and O–H groups in total. The third-order valence-electron chi connectivity index (χ3n) is 5.49. The van der Waals surface area contributed by atoms with Crippen LogP contribution in [0, 0.1) is 0 Å². The van der Waals surface area contributed by atoms with E-state index in [0.29, 0.717) is 22.7 Å². The first kappa shape index (κ1) is 25.0. The third-order valence-corrected chi connectivity index (χ3v) is 5.49. The van der Waals surface area contributed by atoms with Gasteiger partial charge in [0.05, 0.1) is 0 Å². The molecule has 2 amide bonds. The lowest BCUT2D eigenvalue weighted by atomic mass is 9.86. The molecule has 0 saturated carbocycles. The quantitative estimate of drug-likeness (QED) is 0.440. The molecular formula is C29H34N2O3. The van der Waals surface area contributed by atoms with Crippen molar-refractivity contribution in [2.75, 3.05) is 17.2 Å². The van der Waals surface area contributed by atoms with Crippen molar-refractivity contribution in [1.82, 2.24) is 0 Å². The molecule has 5 nitrogen and oxygen atoms in total. The molecule has 178 valence electrons. The maximum absolute atomic E-state index is 12.6. The topological polar surface area (TPSA) is 67.4 Å². The number of rotatable bonds is 6. The summed E-state index contributed by atoms with van der Waals surface area (Å²) in [6.07, 6.45) is 0. The maximum Gasteiger partial charge on any atom is 0.262 e. The van der Waals surface area contributed by atoms with Crippen LogP contribution in [0.5, 0.6) is 5.75 Å². The summed E-state index contributed by atoms with van der Waals surface area (Å²) in [7, 11) is 0. The molecule has 0 aliphatic rings. The van der Waals surface area contributed by atoms with Gasteiger partial charge in [0.1, 0.15) is 5.75 Å². The Morgan fingerprint density at radius 1 is 0.706 bits per heavy atom. The SMILES string of the molecule is CC(C)(C)c1ccc(C(=O)Nc2ccc(NC(=O)COc3ccccc3C(C)(C)C)cc2)cc1. The van der Waals surface area contributed by atoms with Crippen molar-refractivity contribution < 1.29 is 14.3 Å². The predicted molar refractivity (Wildman–Crippen MR) is 139 cm³/mol. The van der Waals surface area contributed by atoms with Crippen LogP contribution in [-0.2, 0) is 15.6 Å². The summed E-state index contributed by atoms with van der Waals surface area (Å²) in [5.74, 6) is 0.279. The molecule has 0 aliphatic carbocycles. The zero-order valence-corrected chi connectivity index (χ0v) is 20.9. The number of carbonyl (C=O) groups excluding carboxylic acids is 2. The van der Waals surface area contributed by atoms with Gasteiger partial charge in [0.25, 0.3) is 11.8 Å². The minimum Gasteiger partial charge on any atom is -0.483 e. The van der Waals surface area contributed by atoms with E-state index in [4.69, 9.17) is 4.74 Å². The van der Waals surface area contributed by atoms with Gasteiger partial charge in [-0.15, -0.1) is 0 Å². The predicted octanol–water partition coefficient (Wildman–Crippen LogP) is 6.55. The van der Waals surface area contributed by atoms with Gasteiger partial charge in [-0.25, -0.2) is 0 Å². The molecule has 0 bridgehead atoms. The lowest BCUT2D eigenvalue weighted by Crippen LogP contribution is -2.22. The van der Waals surface area contributed by atoms with Crippen LogP contribution in [0.15, 0.2) is 72.8 Å². The minimum absolute atomic E-state index is 0.0380. The molecule has 34 heavy (non-hydrogen) atoms. The van der Waals surface area contributed by atoms with Crippen molar-refractivity contribution in [3.8, 4) is 5.75 Å². The average molecular weight is 459 g/mol. The number of hydrogen-bond donors (Lipinski definition) is 2. The Morgan fingerprint density at radius 3 is 1.82 bits per heavy atom. The fraction of sp³-hybridized carbons (Fsp3) is 0.310. The summed E-state index contributed by atoms with van der Waals surface area (Å²) in [4.78, 5) is 24.9. The Morgan fingerprint density at radius 2 is 1.26 bits per heavy atom. The van der Waals surface area contributed by atoms with Crippen molar-refractivity contribution in [2.45, 2.75) is 52.4 Å². The van der Waals surface area contributed by atoms with Crippen LogP contribution in [0.4, 0.5) is 11.4 Å². The summed E-state index contributed by atoms with van der Waals surface area (Å²) >= 11 is 0.